The van der Waals surface area contributed by atoms with Crippen LogP contribution in [0.2, 0.25) is 0 Å². The second kappa shape index (κ2) is 6.65. The third kappa shape index (κ3) is 5.80. The molecule has 1 fully saturated rings. The highest BCUT2D eigenvalue weighted by Crippen LogP contribution is 2.28. The number of amides is 1. The first-order valence-electron chi connectivity index (χ1n) is 5.31. The Hall–Kier alpha value is -0.770. The molecule has 0 bridgehead atoms. The third-order valence-corrected chi connectivity index (χ3v) is 2.06. The molecule has 82 valence electrons. The number of alkyl carbamates (subject to hydrolysis) is 1. The van der Waals surface area contributed by atoms with Crippen LogP contribution in [0.3, 0.4) is 0 Å². The lowest BCUT2D eigenvalue weighted by Crippen LogP contribution is -2.26. The first-order valence-corrected chi connectivity index (χ1v) is 5.31. The van der Waals surface area contributed by atoms with Gasteiger partial charge in [-0.25, -0.2) is 4.79 Å². The molecule has 0 aromatic heterocycles. The summed E-state index contributed by atoms with van der Waals surface area (Å²) in [6, 6.07) is 0. The van der Waals surface area contributed by atoms with Gasteiger partial charge in [0, 0.05) is 19.8 Å². The molecule has 0 atom stereocenters. The van der Waals surface area contributed by atoms with Gasteiger partial charge < -0.3 is 14.8 Å². The maximum Gasteiger partial charge on any atom is 0.407 e. The maximum atomic E-state index is 10.8. The van der Waals surface area contributed by atoms with Crippen LogP contribution in [-0.2, 0) is 9.47 Å². The number of hydrogen-bond donors (Lipinski definition) is 1. The molecule has 0 radical (unpaired) electrons. The standard InChI is InChI=1S/C10H19NO3/c1-2-14-10(12)11-6-3-7-13-8-9-4-5-9/h9H,2-8H2,1H3,(H,11,12). The highest BCUT2D eigenvalue weighted by atomic mass is 16.5. The van der Waals surface area contributed by atoms with Crippen molar-refractivity contribution in [2.24, 2.45) is 5.92 Å². The van der Waals surface area contributed by atoms with Crippen molar-refractivity contribution in [1.82, 2.24) is 5.32 Å². The molecule has 0 aromatic rings. The molecule has 1 amide bonds. The zero-order chi connectivity index (χ0) is 10.2. The van der Waals surface area contributed by atoms with Crippen LogP contribution in [0.5, 0.6) is 0 Å². The van der Waals surface area contributed by atoms with Gasteiger partial charge in [-0.2, -0.15) is 0 Å². The van der Waals surface area contributed by atoms with E-state index in [-0.39, 0.29) is 6.09 Å². The fourth-order valence-corrected chi connectivity index (χ4v) is 1.08. The molecule has 1 N–H and O–H groups in total. The summed E-state index contributed by atoms with van der Waals surface area (Å²) < 4.78 is 10.1. The number of rotatable bonds is 7. The van der Waals surface area contributed by atoms with Crippen molar-refractivity contribution in [3.8, 4) is 0 Å². The van der Waals surface area contributed by atoms with Gasteiger partial charge in [-0.3, -0.25) is 0 Å². The highest BCUT2D eigenvalue weighted by Gasteiger charge is 2.20. The Labute approximate surface area is 85.0 Å². The van der Waals surface area contributed by atoms with E-state index in [0.29, 0.717) is 13.2 Å². The Kier molecular flexibility index (Phi) is 5.37. The van der Waals surface area contributed by atoms with Crippen molar-refractivity contribution in [3.05, 3.63) is 0 Å². The Balaban J connectivity index is 1.76. The average Bonchev–Trinajstić information content (AvgIpc) is 2.95. The van der Waals surface area contributed by atoms with Crippen molar-refractivity contribution in [2.75, 3.05) is 26.4 Å². The van der Waals surface area contributed by atoms with Gasteiger partial charge in [0.1, 0.15) is 0 Å². The van der Waals surface area contributed by atoms with E-state index in [1.165, 1.54) is 12.8 Å². The van der Waals surface area contributed by atoms with Gasteiger partial charge in [-0.05, 0) is 32.1 Å². The average molecular weight is 201 g/mol. The predicted molar refractivity (Wildman–Crippen MR) is 53.2 cm³/mol. The first-order chi connectivity index (χ1) is 6.83. The summed E-state index contributed by atoms with van der Waals surface area (Å²) in [5.74, 6) is 0.813. The molecule has 0 spiro atoms. The zero-order valence-corrected chi connectivity index (χ0v) is 8.75. The minimum atomic E-state index is -0.338. The summed E-state index contributed by atoms with van der Waals surface area (Å²) in [5.41, 5.74) is 0. The van der Waals surface area contributed by atoms with E-state index in [1.807, 2.05) is 0 Å². The van der Waals surface area contributed by atoms with Crippen molar-refractivity contribution in [1.29, 1.82) is 0 Å². The Morgan fingerprint density at radius 1 is 1.50 bits per heavy atom. The molecule has 1 rings (SSSR count). The summed E-state index contributed by atoms with van der Waals surface area (Å²) in [7, 11) is 0. The van der Waals surface area contributed by atoms with Gasteiger partial charge in [-0.1, -0.05) is 0 Å². The largest absolute Gasteiger partial charge is 0.450 e. The molecule has 1 aliphatic rings. The minimum absolute atomic E-state index is 0.338. The fourth-order valence-electron chi connectivity index (χ4n) is 1.08. The van der Waals surface area contributed by atoms with Crippen LogP contribution in [0.4, 0.5) is 4.79 Å². The molecule has 1 saturated carbocycles. The Bertz CT molecular complexity index is 169. The molecule has 0 aromatic carbocycles. The number of carbonyl (C=O) groups is 1. The first kappa shape index (κ1) is 11.3. The molecule has 1 aliphatic carbocycles. The van der Waals surface area contributed by atoms with E-state index < -0.39 is 0 Å². The Morgan fingerprint density at radius 2 is 2.29 bits per heavy atom. The van der Waals surface area contributed by atoms with Crippen LogP contribution in [0.25, 0.3) is 0 Å². The van der Waals surface area contributed by atoms with Crippen LogP contribution >= 0.6 is 0 Å². The lowest BCUT2D eigenvalue weighted by Gasteiger charge is -2.05. The van der Waals surface area contributed by atoms with Gasteiger partial charge in [0.15, 0.2) is 0 Å². The summed E-state index contributed by atoms with van der Waals surface area (Å²) >= 11 is 0. The van der Waals surface area contributed by atoms with Crippen LogP contribution in [0.15, 0.2) is 0 Å². The lowest BCUT2D eigenvalue weighted by molar-refractivity contribution is 0.119. The fraction of sp³-hybridized carbons (Fsp3) is 0.900. The van der Waals surface area contributed by atoms with E-state index in [9.17, 15) is 4.79 Å². The van der Waals surface area contributed by atoms with Crippen LogP contribution in [0.1, 0.15) is 26.2 Å². The van der Waals surface area contributed by atoms with Crippen LogP contribution < -0.4 is 5.32 Å². The van der Waals surface area contributed by atoms with Gasteiger partial charge in [0.05, 0.1) is 6.61 Å². The molecule has 4 nitrogen and oxygen atoms in total. The van der Waals surface area contributed by atoms with E-state index in [0.717, 1.165) is 25.6 Å². The molecular formula is C10H19NO3. The third-order valence-electron chi connectivity index (χ3n) is 2.06. The summed E-state index contributed by atoms with van der Waals surface area (Å²) in [4.78, 5) is 10.8. The molecule has 14 heavy (non-hydrogen) atoms. The van der Waals surface area contributed by atoms with Crippen LogP contribution in [0, 0.1) is 5.92 Å². The normalized spacial score (nSPS) is 15.2. The van der Waals surface area contributed by atoms with Crippen molar-refractivity contribution in [2.45, 2.75) is 26.2 Å². The van der Waals surface area contributed by atoms with Gasteiger partial charge in [-0.15, -0.1) is 0 Å². The van der Waals surface area contributed by atoms with E-state index in [2.05, 4.69) is 5.32 Å². The summed E-state index contributed by atoms with van der Waals surface area (Å²) in [5, 5.41) is 2.65. The molecule has 0 aliphatic heterocycles. The van der Waals surface area contributed by atoms with E-state index >= 15 is 0 Å². The smallest absolute Gasteiger partial charge is 0.407 e. The number of nitrogens with one attached hydrogen (secondary N) is 1. The molecule has 0 saturated heterocycles. The van der Waals surface area contributed by atoms with Crippen molar-refractivity contribution >= 4 is 6.09 Å². The van der Waals surface area contributed by atoms with Crippen LogP contribution in [-0.4, -0.2) is 32.5 Å². The zero-order valence-electron chi connectivity index (χ0n) is 8.75. The number of ether oxygens (including phenoxy) is 2. The molecule has 0 unspecified atom stereocenters. The molecule has 4 heteroatoms. The SMILES string of the molecule is CCOC(=O)NCCCOCC1CC1. The second-order valence-electron chi connectivity index (χ2n) is 3.52. The molecular weight excluding hydrogens is 182 g/mol. The van der Waals surface area contributed by atoms with Gasteiger partial charge in [0.25, 0.3) is 0 Å². The molecule has 0 heterocycles. The van der Waals surface area contributed by atoms with Crippen molar-refractivity contribution in [3.63, 3.8) is 0 Å². The van der Waals surface area contributed by atoms with Gasteiger partial charge >= 0.3 is 6.09 Å². The second-order valence-corrected chi connectivity index (χ2v) is 3.52. The monoisotopic (exact) mass is 201 g/mol. The number of hydrogen-bond acceptors (Lipinski definition) is 3. The topological polar surface area (TPSA) is 47.6 Å². The van der Waals surface area contributed by atoms with Crippen molar-refractivity contribution < 1.29 is 14.3 Å². The highest BCUT2D eigenvalue weighted by molar-refractivity contribution is 5.66. The van der Waals surface area contributed by atoms with Gasteiger partial charge in [0.2, 0.25) is 0 Å². The maximum absolute atomic E-state index is 10.8. The summed E-state index contributed by atoms with van der Waals surface area (Å²) in [6.07, 6.45) is 3.16. The van der Waals surface area contributed by atoms with E-state index in [4.69, 9.17) is 9.47 Å². The number of carbonyl (C=O) groups excluding carboxylic acids is 1. The predicted octanol–water partition coefficient (Wildman–Crippen LogP) is 1.55. The summed E-state index contributed by atoms with van der Waals surface area (Å²) in [6.45, 7) is 4.45. The van der Waals surface area contributed by atoms with E-state index in [1.54, 1.807) is 6.92 Å². The lowest BCUT2D eigenvalue weighted by atomic mass is 10.4. The minimum Gasteiger partial charge on any atom is -0.450 e. The quantitative estimate of drug-likeness (QED) is 0.636. The Morgan fingerprint density at radius 3 is 2.93 bits per heavy atom.